The zero-order valence-corrected chi connectivity index (χ0v) is 24.5. The summed E-state index contributed by atoms with van der Waals surface area (Å²) in [5.74, 6) is -2.37. The van der Waals surface area contributed by atoms with Crippen LogP contribution in [0.1, 0.15) is 17.0 Å². The average Bonchev–Trinajstić information content (AvgIpc) is 3.43. The van der Waals surface area contributed by atoms with Crippen molar-refractivity contribution in [3.8, 4) is 5.75 Å². The fourth-order valence-electron chi connectivity index (χ4n) is 4.49. The van der Waals surface area contributed by atoms with Gasteiger partial charge in [0.15, 0.2) is 10.8 Å². The van der Waals surface area contributed by atoms with Gasteiger partial charge < -0.3 is 15.0 Å². The molecule has 4 aromatic rings. The summed E-state index contributed by atoms with van der Waals surface area (Å²) in [6, 6.07) is 6.49. The first kappa shape index (κ1) is 33.2. The molecule has 1 saturated heterocycles. The van der Waals surface area contributed by atoms with E-state index in [0.29, 0.717) is 17.7 Å². The molecule has 1 aliphatic heterocycles. The second-order valence-electron chi connectivity index (χ2n) is 9.72. The highest BCUT2D eigenvalue weighted by molar-refractivity contribution is 7.89. The van der Waals surface area contributed by atoms with Crippen molar-refractivity contribution >= 4 is 42.7 Å². The van der Waals surface area contributed by atoms with Crippen molar-refractivity contribution < 1.29 is 53.1 Å². The van der Waals surface area contributed by atoms with Crippen molar-refractivity contribution in [1.29, 1.82) is 0 Å². The van der Waals surface area contributed by atoms with Crippen LogP contribution in [0, 0.1) is 0 Å². The van der Waals surface area contributed by atoms with Crippen LogP contribution in [0.5, 0.6) is 5.75 Å². The third-order valence-electron chi connectivity index (χ3n) is 6.70. The number of hydrogen-bond donors (Lipinski definition) is 1. The van der Waals surface area contributed by atoms with Crippen LogP contribution in [-0.4, -0.2) is 65.9 Å². The van der Waals surface area contributed by atoms with Gasteiger partial charge in [-0.15, -0.1) is 0 Å². The molecule has 2 aromatic carbocycles. The van der Waals surface area contributed by atoms with E-state index in [4.69, 9.17) is 0 Å². The van der Waals surface area contributed by atoms with Crippen LogP contribution in [0.15, 0.2) is 59.6 Å². The van der Waals surface area contributed by atoms with E-state index in [1.54, 1.807) is 0 Å². The van der Waals surface area contributed by atoms with Crippen molar-refractivity contribution in [2.45, 2.75) is 36.4 Å². The van der Waals surface area contributed by atoms with E-state index >= 15 is 0 Å². The Morgan fingerprint density at radius 1 is 0.978 bits per heavy atom. The number of nitrogens with zero attached hydrogens (tertiary/aromatic N) is 5. The number of hydrogen-bond acceptors (Lipinski definition) is 9. The van der Waals surface area contributed by atoms with Gasteiger partial charge >= 0.3 is 19.0 Å². The summed E-state index contributed by atoms with van der Waals surface area (Å²) in [5.41, 5.74) is -0.907. The fraction of sp³-hybridized carbons (Fsp3) is 0.308. The maximum Gasteiger partial charge on any atom is 0.451 e. The summed E-state index contributed by atoms with van der Waals surface area (Å²) in [7, 11) is -4.54. The van der Waals surface area contributed by atoms with Gasteiger partial charge in [0.1, 0.15) is 11.8 Å². The zero-order valence-electron chi connectivity index (χ0n) is 22.9. The van der Waals surface area contributed by atoms with E-state index in [-0.39, 0.29) is 47.4 Å². The molecule has 1 amide bonds. The van der Waals surface area contributed by atoms with Crippen molar-refractivity contribution in [2.24, 2.45) is 0 Å². The highest BCUT2D eigenvalue weighted by Gasteiger charge is 2.42. The molecule has 10 nitrogen and oxygen atoms in total. The molecule has 0 unspecified atom stereocenters. The highest BCUT2D eigenvalue weighted by Crippen LogP contribution is 2.34. The zero-order chi connectivity index (χ0) is 33.4. The minimum Gasteiger partial charge on any atom is -0.435 e. The molecular formula is C26H20F8N6O4S2. The molecule has 5 rings (SSSR count). The van der Waals surface area contributed by atoms with Crippen molar-refractivity contribution in [1.82, 2.24) is 24.6 Å². The first-order valence-electron chi connectivity index (χ1n) is 13.0. The van der Waals surface area contributed by atoms with Gasteiger partial charge in [-0.1, -0.05) is 23.5 Å². The van der Waals surface area contributed by atoms with E-state index < -0.39 is 57.2 Å². The van der Waals surface area contributed by atoms with Crippen LogP contribution < -0.4 is 15.0 Å². The Morgan fingerprint density at radius 3 is 2.26 bits per heavy atom. The fourth-order valence-corrected chi connectivity index (χ4v) is 6.97. The molecule has 1 fully saturated rings. The van der Waals surface area contributed by atoms with Gasteiger partial charge in [-0.05, 0) is 42.0 Å². The topological polar surface area (TPSA) is 118 Å². The summed E-state index contributed by atoms with van der Waals surface area (Å²) in [6.45, 7) is -4.00. The molecule has 0 spiro atoms. The number of halogens is 8. The Morgan fingerprint density at radius 2 is 1.65 bits per heavy atom. The number of piperazine rings is 1. The third kappa shape index (κ3) is 7.28. The molecule has 1 N–H and O–H groups in total. The average molecular weight is 697 g/mol. The van der Waals surface area contributed by atoms with Gasteiger partial charge in [0.25, 0.3) is 0 Å². The lowest BCUT2D eigenvalue weighted by Crippen LogP contribution is -2.60. The van der Waals surface area contributed by atoms with Gasteiger partial charge in [0.05, 0.1) is 21.4 Å². The van der Waals surface area contributed by atoms with Gasteiger partial charge in [0.2, 0.25) is 21.8 Å². The normalized spacial score (nSPS) is 16.6. The molecule has 246 valence electrons. The molecule has 0 saturated carbocycles. The van der Waals surface area contributed by atoms with E-state index in [9.17, 15) is 48.3 Å². The van der Waals surface area contributed by atoms with Crippen LogP contribution in [0.4, 0.5) is 40.3 Å². The monoisotopic (exact) mass is 696 g/mol. The van der Waals surface area contributed by atoms with Crippen LogP contribution >= 0.6 is 11.3 Å². The summed E-state index contributed by atoms with van der Waals surface area (Å²) < 4.78 is 136. The van der Waals surface area contributed by atoms with Gasteiger partial charge in [0, 0.05) is 26.2 Å². The maximum absolute atomic E-state index is 13.6. The Hall–Kier alpha value is -4.17. The van der Waals surface area contributed by atoms with E-state index in [1.165, 1.54) is 29.2 Å². The Kier molecular flexibility index (Phi) is 9.06. The Balaban J connectivity index is 1.41. The maximum atomic E-state index is 13.6. The largest absolute Gasteiger partial charge is 0.451 e. The Labute approximate surface area is 258 Å². The lowest BCUT2D eigenvalue weighted by atomic mass is 10.1. The lowest BCUT2D eigenvalue weighted by molar-refractivity contribution is -0.144. The first-order chi connectivity index (χ1) is 21.5. The van der Waals surface area contributed by atoms with Gasteiger partial charge in [-0.25, -0.2) is 18.4 Å². The van der Waals surface area contributed by atoms with E-state index in [0.717, 1.165) is 34.0 Å². The lowest BCUT2D eigenvalue weighted by Gasteiger charge is -2.39. The number of ether oxygens (including phenoxy) is 1. The summed E-state index contributed by atoms with van der Waals surface area (Å²) in [4.78, 5) is 25.3. The molecule has 1 aliphatic rings. The number of carbonyl (C=O) groups excluding carboxylic acids is 1. The number of sulfonamides is 1. The molecule has 20 heteroatoms. The predicted octanol–water partition coefficient (Wildman–Crippen LogP) is 4.92. The van der Waals surface area contributed by atoms with E-state index in [2.05, 4.69) is 25.0 Å². The SMILES string of the molecule is O=C(NCc1ccc(OC(F)F)cc1)[C@H]1CN(c2nc3nc(C(F)(F)F)ncc3s2)CCN1S(=O)(=O)c1ccc(C(F)(F)F)cc1. The number of nitrogens with one attached hydrogen (secondary N) is 1. The number of carbonyl (C=O) groups is 1. The minimum absolute atomic E-state index is 0.0887. The molecule has 2 aromatic heterocycles. The summed E-state index contributed by atoms with van der Waals surface area (Å²) >= 11 is 0.913. The van der Waals surface area contributed by atoms with Crippen molar-refractivity contribution in [3.05, 3.63) is 71.7 Å². The minimum atomic E-state index is -4.82. The molecule has 3 heterocycles. The molecule has 46 heavy (non-hydrogen) atoms. The second kappa shape index (κ2) is 12.6. The summed E-state index contributed by atoms with van der Waals surface area (Å²) in [5, 5.41) is 2.69. The number of fused-ring (bicyclic) bond motifs is 1. The van der Waals surface area contributed by atoms with Crippen LogP contribution in [0.3, 0.4) is 0 Å². The predicted molar refractivity (Wildman–Crippen MR) is 146 cm³/mol. The number of aromatic nitrogens is 3. The van der Waals surface area contributed by atoms with Crippen LogP contribution in [0.2, 0.25) is 0 Å². The molecule has 1 atom stereocenters. The van der Waals surface area contributed by atoms with Crippen LogP contribution in [-0.2, 0) is 33.7 Å². The standard InChI is InChI=1S/C26H20F8N6O4S2/c27-23(28)44-16-5-1-14(2-6-16)11-35-21(41)18-13-39(24-38-20-19(45-24)12-36-22(37-20)26(32,33)34)9-10-40(18)46(42,43)17-7-3-15(4-8-17)25(29,30)31/h1-8,12,18,23H,9-11,13H2,(H,35,41)/t18-/m1/s1. The number of amides is 1. The van der Waals surface area contributed by atoms with Gasteiger partial charge in [-0.2, -0.15) is 44.4 Å². The number of anilines is 1. The van der Waals surface area contributed by atoms with Crippen LogP contribution in [0.25, 0.3) is 10.3 Å². The van der Waals surface area contributed by atoms with Crippen molar-refractivity contribution in [2.75, 3.05) is 24.5 Å². The Bertz CT molecular complexity index is 1820. The van der Waals surface area contributed by atoms with Gasteiger partial charge in [-0.3, -0.25) is 4.79 Å². The molecule has 0 aliphatic carbocycles. The number of rotatable bonds is 8. The number of benzene rings is 2. The second-order valence-corrected chi connectivity index (χ2v) is 12.6. The first-order valence-corrected chi connectivity index (χ1v) is 15.2. The van der Waals surface area contributed by atoms with E-state index in [1.807, 2.05) is 0 Å². The quantitative estimate of drug-likeness (QED) is 0.258. The molecule has 0 bridgehead atoms. The highest BCUT2D eigenvalue weighted by atomic mass is 32.2. The molecular weight excluding hydrogens is 676 g/mol. The molecule has 0 radical (unpaired) electrons. The summed E-state index contributed by atoms with van der Waals surface area (Å²) in [6.07, 6.45) is -8.60. The number of alkyl halides is 8. The third-order valence-corrected chi connectivity index (χ3v) is 9.66. The number of thiazole rings is 1. The van der Waals surface area contributed by atoms with Crippen molar-refractivity contribution in [3.63, 3.8) is 0 Å². The smallest absolute Gasteiger partial charge is 0.435 e.